The molecule has 3 rings (SSSR count). The normalized spacial score (nSPS) is 10.9. The highest BCUT2D eigenvalue weighted by atomic mass is 16.4. The van der Waals surface area contributed by atoms with Gasteiger partial charge < -0.3 is 14.6 Å². The SMILES string of the molecule is CCCc1nc2cc(N(Cc3ccccc3)C(C)=O)ccc2n1CC(=O)O. The van der Waals surface area contributed by atoms with E-state index in [0.717, 1.165) is 29.0 Å². The molecule has 1 heterocycles. The van der Waals surface area contributed by atoms with Gasteiger partial charge in [0.25, 0.3) is 0 Å². The minimum atomic E-state index is -0.898. The van der Waals surface area contributed by atoms with Gasteiger partial charge in [-0.3, -0.25) is 9.59 Å². The Bertz CT molecular complexity index is 963. The number of carboxylic acids is 1. The molecule has 0 fully saturated rings. The molecule has 0 spiro atoms. The van der Waals surface area contributed by atoms with E-state index in [0.29, 0.717) is 18.5 Å². The number of aliphatic carboxylic acids is 1. The largest absolute Gasteiger partial charge is 0.480 e. The zero-order valence-corrected chi connectivity index (χ0v) is 15.6. The Balaban J connectivity index is 2.01. The summed E-state index contributed by atoms with van der Waals surface area (Å²) in [6.07, 6.45) is 1.58. The summed E-state index contributed by atoms with van der Waals surface area (Å²) >= 11 is 0. The van der Waals surface area contributed by atoms with Crippen LogP contribution in [0, 0.1) is 0 Å². The van der Waals surface area contributed by atoms with Gasteiger partial charge in [0.1, 0.15) is 12.4 Å². The van der Waals surface area contributed by atoms with E-state index in [4.69, 9.17) is 0 Å². The standard InChI is InChI=1S/C21H23N3O3/c1-3-7-20-22-18-12-17(10-11-19(18)24(20)14-21(26)27)23(15(2)25)13-16-8-5-4-6-9-16/h4-6,8-12H,3,7,13-14H2,1-2H3,(H,26,27). The third-order valence-electron chi connectivity index (χ3n) is 4.45. The van der Waals surface area contributed by atoms with Crippen molar-refractivity contribution in [1.82, 2.24) is 9.55 Å². The second-order valence-corrected chi connectivity index (χ2v) is 6.52. The Morgan fingerprint density at radius 2 is 1.89 bits per heavy atom. The van der Waals surface area contributed by atoms with Gasteiger partial charge in [0.15, 0.2) is 0 Å². The van der Waals surface area contributed by atoms with E-state index in [1.807, 2.05) is 55.5 Å². The molecular weight excluding hydrogens is 342 g/mol. The molecule has 0 atom stereocenters. The molecular formula is C21H23N3O3. The van der Waals surface area contributed by atoms with Crippen molar-refractivity contribution in [2.75, 3.05) is 4.90 Å². The zero-order valence-electron chi connectivity index (χ0n) is 15.6. The van der Waals surface area contributed by atoms with Crippen molar-refractivity contribution >= 4 is 28.6 Å². The maximum Gasteiger partial charge on any atom is 0.323 e. The number of nitrogens with zero attached hydrogens (tertiary/aromatic N) is 3. The van der Waals surface area contributed by atoms with Crippen LogP contribution in [0.2, 0.25) is 0 Å². The quantitative estimate of drug-likeness (QED) is 0.694. The van der Waals surface area contributed by atoms with Gasteiger partial charge in [0.05, 0.1) is 17.6 Å². The second kappa shape index (κ2) is 8.03. The monoisotopic (exact) mass is 365 g/mol. The number of fused-ring (bicyclic) bond motifs is 1. The van der Waals surface area contributed by atoms with Crippen LogP contribution in [0.3, 0.4) is 0 Å². The van der Waals surface area contributed by atoms with Crippen LogP contribution in [0.4, 0.5) is 5.69 Å². The molecule has 6 nitrogen and oxygen atoms in total. The van der Waals surface area contributed by atoms with Crippen molar-refractivity contribution in [2.45, 2.75) is 39.8 Å². The molecule has 0 radical (unpaired) electrons. The summed E-state index contributed by atoms with van der Waals surface area (Å²) < 4.78 is 1.74. The van der Waals surface area contributed by atoms with E-state index < -0.39 is 5.97 Å². The number of anilines is 1. The average Bonchev–Trinajstić information content (AvgIpc) is 2.96. The summed E-state index contributed by atoms with van der Waals surface area (Å²) in [5, 5.41) is 9.22. The predicted octanol–water partition coefficient (Wildman–Crippen LogP) is 3.63. The molecule has 6 heteroatoms. The third kappa shape index (κ3) is 4.16. The molecule has 1 N–H and O–H groups in total. The minimum absolute atomic E-state index is 0.0584. The number of aryl methyl sites for hydroxylation is 1. The number of carbonyl (C=O) groups is 2. The third-order valence-corrected chi connectivity index (χ3v) is 4.45. The summed E-state index contributed by atoms with van der Waals surface area (Å²) in [5.74, 6) is -0.202. The fourth-order valence-corrected chi connectivity index (χ4v) is 3.21. The molecule has 0 saturated heterocycles. The number of hydrogen-bond donors (Lipinski definition) is 1. The lowest BCUT2D eigenvalue weighted by Gasteiger charge is -2.21. The van der Waals surface area contributed by atoms with Crippen LogP contribution in [-0.2, 0) is 29.1 Å². The number of carboxylic acid groups (broad SMARTS) is 1. The molecule has 0 aliphatic heterocycles. The Hall–Kier alpha value is -3.15. The lowest BCUT2D eigenvalue weighted by molar-refractivity contribution is -0.137. The molecule has 140 valence electrons. The Labute approximate surface area is 158 Å². The van der Waals surface area contributed by atoms with Gasteiger partial charge in [-0.2, -0.15) is 0 Å². The van der Waals surface area contributed by atoms with Crippen molar-refractivity contribution in [3.8, 4) is 0 Å². The molecule has 27 heavy (non-hydrogen) atoms. The van der Waals surface area contributed by atoms with Gasteiger partial charge in [-0.25, -0.2) is 4.98 Å². The smallest absolute Gasteiger partial charge is 0.323 e. The van der Waals surface area contributed by atoms with Gasteiger partial charge in [0.2, 0.25) is 5.91 Å². The van der Waals surface area contributed by atoms with E-state index >= 15 is 0 Å². The topological polar surface area (TPSA) is 75.4 Å². The fourth-order valence-electron chi connectivity index (χ4n) is 3.21. The summed E-state index contributed by atoms with van der Waals surface area (Å²) in [6.45, 7) is 3.93. The van der Waals surface area contributed by atoms with E-state index in [9.17, 15) is 14.7 Å². The highest BCUT2D eigenvalue weighted by Crippen LogP contribution is 2.25. The predicted molar refractivity (Wildman–Crippen MR) is 105 cm³/mol. The number of hydrogen-bond acceptors (Lipinski definition) is 3. The Kier molecular flexibility index (Phi) is 5.54. The van der Waals surface area contributed by atoms with Crippen LogP contribution in [0.1, 0.15) is 31.7 Å². The van der Waals surface area contributed by atoms with Crippen LogP contribution in [0.25, 0.3) is 11.0 Å². The lowest BCUT2D eigenvalue weighted by atomic mass is 10.2. The summed E-state index contributed by atoms with van der Waals surface area (Å²) in [7, 11) is 0. The van der Waals surface area contributed by atoms with E-state index in [1.165, 1.54) is 0 Å². The van der Waals surface area contributed by atoms with Crippen LogP contribution >= 0.6 is 0 Å². The summed E-state index contributed by atoms with van der Waals surface area (Å²) in [4.78, 5) is 29.8. The lowest BCUT2D eigenvalue weighted by Crippen LogP contribution is -2.27. The number of amides is 1. The van der Waals surface area contributed by atoms with Crippen molar-refractivity contribution < 1.29 is 14.7 Å². The molecule has 0 bridgehead atoms. The molecule has 1 aromatic heterocycles. The molecule has 1 amide bonds. The summed E-state index contributed by atoms with van der Waals surface area (Å²) in [6, 6.07) is 15.4. The highest BCUT2D eigenvalue weighted by Gasteiger charge is 2.17. The number of benzene rings is 2. The first kappa shape index (κ1) is 18.6. The van der Waals surface area contributed by atoms with E-state index in [1.54, 1.807) is 16.4 Å². The first-order chi connectivity index (χ1) is 13.0. The molecule has 0 aliphatic carbocycles. The molecule has 0 unspecified atom stereocenters. The van der Waals surface area contributed by atoms with Crippen molar-refractivity contribution in [3.05, 3.63) is 59.9 Å². The Morgan fingerprint density at radius 1 is 1.15 bits per heavy atom. The van der Waals surface area contributed by atoms with Gasteiger partial charge in [0, 0.05) is 19.0 Å². The van der Waals surface area contributed by atoms with E-state index in [-0.39, 0.29) is 12.5 Å². The molecule has 3 aromatic rings. The van der Waals surface area contributed by atoms with Crippen LogP contribution in [0.15, 0.2) is 48.5 Å². The van der Waals surface area contributed by atoms with Crippen molar-refractivity contribution in [3.63, 3.8) is 0 Å². The van der Waals surface area contributed by atoms with Gasteiger partial charge in [-0.05, 0) is 30.2 Å². The number of carbonyl (C=O) groups excluding carboxylic acids is 1. The second-order valence-electron chi connectivity index (χ2n) is 6.52. The minimum Gasteiger partial charge on any atom is -0.480 e. The van der Waals surface area contributed by atoms with Crippen molar-refractivity contribution in [2.24, 2.45) is 0 Å². The number of aromatic nitrogens is 2. The zero-order chi connectivity index (χ0) is 19.4. The van der Waals surface area contributed by atoms with Gasteiger partial charge in [-0.1, -0.05) is 37.3 Å². The van der Waals surface area contributed by atoms with E-state index in [2.05, 4.69) is 4.98 Å². The van der Waals surface area contributed by atoms with Crippen molar-refractivity contribution in [1.29, 1.82) is 0 Å². The first-order valence-electron chi connectivity index (χ1n) is 9.02. The van der Waals surface area contributed by atoms with Crippen LogP contribution in [0.5, 0.6) is 0 Å². The van der Waals surface area contributed by atoms with Gasteiger partial charge in [-0.15, -0.1) is 0 Å². The van der Waals surface area contributed by atoms with Gasteiger partial charge >= 0.3 is 5.97 Å². The molecule has 0 saturated carbocycles. The summed E-state index contributed by atoms with van der Waals surface area (Å²) in [5.41, 5.74) is 3.27. The van der Waals surface area contributed by atoms with Crippen LogP contribution in [-0.4, -0.2) is 26.5 Å². The Morgan fingerprint density at radius 3 is 2.52 bits per heavy atom. The van der Waals surface area contributed by atoms with Crippen LogP contribution < -0.4 is 4.90 Å². The highest BCUT2D eigenvalue weighted by molar-refractivity contribution is 5.94. The molecule has 2 aromatic carbocycles. The number of imidazole rings is 1. The maximum atomic E-state index is 12.2. The number of rotatable bonds is 7. The first-order valence-corrected chi connectivity index (χ1v) is 9.02. The fraction of sp³-hybridized carbons (Fsp3) is 0.286. The average molecular weight is 365 g/mol. The maximum absolute atomic E-state index is 12.2. The molecule has 0 aliphatic rings.